The van der Waals surface area contributed by atoms with Crippen LogP contribution >= 0.6 is 27.5 Å². The highest BCUT2D eigenvalue weighted by atomic mass is 79.9. The zero-order valence-corrected chi connectivity index (χ0v) is 13.3. The van der Waals surface area contributed by atoms with Gasteiger partial charge in [0.05, 0.1) is 5.38 Å². The van der Waals surface area contributed by atoms with Gasteiger partial charge in [-0.05, 0) is 41.8 Å². The van der Waals surface area contributed by atoms with Crippen molar-refractivity contribution < 1.29 is 0 Å². The summed E-state index contributed by atoms with van der Waals surface area (Å²) in [5, 5.41) is -0.0881. The fourth-order valence-electron chi connectivity index (χ4n) is 2.95. The summed E-state index contributed by atoms with van der Waals surface area (Å²) < 4.78 is 3.24. The van der Waals surface area contributed by atoms with Crippen molar-refractivity contribution in [2.45, 2.75) is 50.4 Å². The van der Waals surface area contributed by atoms with E-state index in [1.165, 1.54) is 32.1 Å². The van der Waals surface area contributed by atoms with E-state index in [2.05, 4.69) is 30.5 Å². The first-order valence-corrected chi connectivity index (χ1v) is 8.07. The molecule has 2 aromatic heterocycles. The molecule has 102 valence electrons. The van der Waals surface area contributed by atoms with Gasteiger partial charge in [-0.1, -0.05) is 19.3 Å². The van der Waals surface area contributed by atoms with E-state index in [0.717, 1.165) is 21.5 Å². The van der Waals surface area contributed by atoms with Gasteiger partial charge in [0, 0.05) is 16.7 Å². The summed E-state index contributed by atoms with van der Waals surface area (Å²) in [6, 6.07) is 2.52. The molecule has 19 heavy (non-hydrogen) atoms. The second-order valence-electron chi connectivity index (χ2n) is 5.24. The summed E-state index contributed by atoms with van der Waals surface area (Å²) >= 11 is 9.77. The number of hydrogen-bond acceptors (Lipinski definition) is 2. The Morgan fingerprint density at radius 1 is 1.37 bits per heavy atom. The first-order valence-electron chi connectivity index (χ1n) is 6.84. The van der Waals surface area contributed by atoms with Crippen LogP contribution < -0.4 is 0 Å². The Bertz CT molecular complexity index is 588. The summed E-state index contributed by atoms with van der Waals surface area (Å²) in [4.78, 5) is 9.24. The molecule has 1 unspecified atom stereocenters. The van der Waals surface area contributed by atoms with Crippen molar-refractivity contribution in [3.63, 3.8) is 0 Å². The number of alkyl halides is 1. The van der Waals surface area contributed by atoms with Crippen LogP contribution in [0.4, 0.5) is 0 Å². The smallest absolute Gasteiger partial charge is 0.160 e. The van der Waals surface area contributed by atoms with Gasteiger partial charge in [-0.3, -0.25) is 0 Å². The molecule has 0 spiro atoms. The third-order valence-corrected chi connectivity index (χ3v) is 4.45. The number of nitrogens with zero attached hydrogens (tertiary/aromatic N) is 3. The van der Waals surface area contributed by atoms with E-state index >= 15 is 0 Å². The maximum absolute atomic E-state index is 6.32. The van der Waals surface area contributed by atoms with Crippen molar-refractivity contribution in [3.05, 3.63) is 22.6 Å². The Kier molecular flexibility index (Phi) is 3.81. The Balaban J connectivity index is 2.15. The summed E-state index contributed by atoms with van der Waals surface area (Å²) in [5.41, 5.74) is 1.90. The van der Waals surface area contributed by atoms with Gasteiger partial charge < -0.3 is 4.57 Å². The maximum atomic E-state index is 6.32. The highest BCUT2D eigenvalue weighted by molar-refractivity contribution is 9.10. The van der Waals surface area contributed by atoms with Gasteiger partial charge in [0.1, 0.15) is 11.3 Å². The van der Waals surface area contributed by atoms with Gasteiger partial charge in [-0.15, -0.1) is 11.6 Å². The lowest BCUT2D eigenvalue weighted by atomic mass is 9.95. The summed E-state index contributed by atoms with van der Waals surface area (Å²) in [7, 11) is 0. The van der Waals surface area contributed by atoms with E-state index in [1.54, 1.807) is 0 Å². The number of rotatable bonds is 2. The van der Waals surface area contributed by atoms with Gasteiger partial charge in [-0.2, -0.15) is 0 Å². The lowest BCUT2D eigenvalue weighted by molar-refractivity contribution is 0.351. The summed E-state index contributed by atoms with van der Waals surface area (Å²) in [6.45, 7) is 1.98. The van der Waals surface area contributed by atoms with Crippen molar-refractivity contribution in [2.24, 2.45) is 0 Å². The lowest BCUT2D eigenvalue weighted by Gasteiger charge is -2.25. The largest absolute Gasteiger partial charge is 0.308 e. The first kappa shape index (κ1) is 13.4. The van der Waals surface area contributed by atoms with Gasteiger partial charge in [0.25, 0.3) is 0 Å². The molecule has 1 atom stereocenters. The SMILES string of the molecule is CC(Cl)c1nc2cc(Br)cnc2n1C1CCCCC1. The molecule has 0 bridgehead atoms. The fourth-order valence-corrected chi connectivity index (χ4v) is 3.43. The van der Waals surface area contributed by atoms with Gasteiger partial charge >= 0.3 is 0 Å². The molecule has 0 radical (unpaired) electrons. The predicted molar refractivity (Wildman–Crippen MR) is 81.6 cm³/mol. The second-order valence-corrected chi connectivity index (χ2v) is 6.81. The maximum Gasteiger partial charge on any atom is 0.160 e. The molecule has 3 nitrogen and oxygen atoms in total. The van der Waals surface area contributed by atoms with Gasteiger partial charge in [-0.25, -0.2) is 9.97 Å². The highest BCUT2D eigenvalue weighted by Crippen LogP contribution is 2.35. The molecule has 2 heterocycles. The van der Waals surface area contributed by atoms with E-state index < -0.39 is 0 Å². The van der Waals surface area contributed by atoms with Crippen LogP contribution in [0.3, 0.4) is 0 Å². The first-order chi connectivity index (χ1) is 9.16. The van der Waals surface area contributed by atoms with Crippen LogP contribution in [-0.2, 0) is 0 Å². The van der Waals surface area contributed by atoms with Crippen LogP contribution in [0, 0.1) is 0 Å². The number of aromatic nitrogens is 3. The molecule has 1 fully saturated rings. The zero-order chi connectivity index (χ0) is 13.4. The van der Waals surface area contributed by atoms with Crippen molar-refractivity contribution in [2.75, 3.05) is 0 Å². The number of imidazole rings is 1. The molecular weight excluding hydrogens is 326 g/mol. The third-order valence-electron chi connectivity index (χ3n) is 3.82. The Hall–Kier alpha value is -0.610. The number of pyridine rings is 1. The fraction of sp³-hybridized carbons (Fsp3) is 0.571. The van der Waals surface area contributed by atoms with Crippen molar-refractivity contribution in [1.29, 1.82) is 0 Å². The molecule has 1 aliphatic rings. The Labute approximate surface area is 126 Å². The molecule has 0 N–H and O–H groups in total. The average Bonchev–Trinajstić information content (AvgIpc) is 2.78. The van der Waals surface area contributed by atoms with Crippen molar-refractivity contribution in [1.82, 2.24) is 14.5 Å². The van der Waals surface area contributed by atoms with E-state index in [4.69, 9.17) is 11.6 Å². The van der Waals surface area contributed by atoms with Crippen molar-refractivity contribution >= 4 is 38.7 Å². The molecule has 5 heteroatoms. The second kappa shape index (κ2) is 5.41. The predicted octanol–water partition coefficient (Wildman–Crippen LogP) is 5.00. The van der Waals surface area contributed by atoms with E-state index in [-0.39, 0.29) is 5.38 Å². The van der Waals surface area contributed by atoms with Crippen LogP contribution in [0.1, 0.15) is 56.3 Å². The minimum atomic E-state index is -0.0881. The van der Waals surface area contributed by atoms with Crippen LogP contribution in [-0.4, -0.2) is 14.5 Å². The molecule has 0 aliphatic heterocycles. The van der Waals surface area contributed by atoms with Gasteiger partial charge in [0.2, 0.25) is 0 Å². The normalized spacial score (nSPS) is 18.9. The Morgan fingerprint density at radius 3 is 2.79 bits per heavy atom. The van der Waals surface area contributed by atoms with Crippen LogP contribution in [0.25, 0.3) is 11.2 Å². The van der Waals surface area contributed by atoms with Crippen LogP contribution in [0.5, 0.6) is 0 Å². The molecule has 2 aromatic rings. The molecule has 3 rings (SSSR count). The average molecular weight is 343 g/mol. The summed E-state index contributed by atoms with van der Waals surface area (Å²) in [5.74, 6) is 0.953. The van der Waals surface area contributed by atoms with Crippen LogP contribution in [0.15, 0.2) is 16.7 Å². The topological polar surface area (TPSA) is 30.7 Å². The van der Waals surface area contributed by atoms with E-state index in [1.807, 2.05) is 19.2 Å². The Morgan fingerprint density at radius 2 is 2.11 bits per heavy atom. The third kappa shape index (κ3) is 2.52. The van der Waals surface area contributed by atoms with E-state index in [9.17, 15) is 0 Å². The molecule has 0 saturated heterocycles. The standard InChI is InChI=1S/C14H17BrClN3/c1-9(16)13-18-12-7-10(15)8-17-14(12)19(13)11-5-3-2-4-6-11/h7-9,11H,2-6H2,1H3. The quantitative estimate of drug-likeness (QED) is 0.719. The number of fused-ring (bicyclic) bond motifs is 1. The molecular formula is C14H17BrClN3. The number of halogens is 2. The van der Waals surface area contributed by atoms with Crippen LogP contribution in [0.2, 0.25) is 0 Å². The molecule has 0 amide bonds. The van der Waals surface area contributed by atoms with Crippen molar-refractivity contribution in [3.8, 4) is 0 Å². The monoisotopic (exact) mass is 341 g/mol. The molecule has 1 aliphatic carbocycles. The minimum absolute atomic E-state index is 0.0881. The highest BCUT2D eigenvalue weighted by Gasteiger charge is 2.24. The summed E-state index contributed by atoms with van der Waals surface area (Å²) in [6.07, 6.45) is 8.17. The molecule has 0 aromatic carbocycles. The molecule has 1 saturated carbocycles. The van der Waals surface area contributed by atoms with Gasteiger partial charge in [0.15, 0.2) is 5.65 Å². The number of hydrogen-bond donors (Lipinski definition) is 0. The lowest BCUT2D eigenvalue weighted by Crippen LogP contribution is -2.16. The minimum Gasteiger partial charge on any atom is -0.308 e. The zero-order valence-electron chi connectivity index (χ0n) is 10.9. The van der Waals surface area contributed by atoms with E-state index in [0.29, 0.717) is 6.04 Å².